The first-order chi connectivity index (χ1) is 18.7. The van der Waals surface area contributed by atoms with Crippen molar-refractivity contribution in [3.8, 4) is 16.5 Å². The Labute approximate surface area is 233 Å². The number of hydrogen-bond acceptors (Lipinski definition) is 8. The second kappa shape index (κ2) is 14.0. The molecule has 0 spiro atoms. The van der Waals surface area contributed by atoms with Crippen molar-refractivity contribution in [2.75, 3.05) is 20.3 Å². The molecule has 1 aliphatic rings. The fourth-order valence-electron chi connectivity index (χ4n) is 4.08. The fraction of sp³-hybridized carbons (Fsp3) is 0.448. The van der Waals surface area contributed by atoms with Gasteiger partial charge in [-0.05, 0) is 44.4 Å². The van der Waals surface area contributed by atoms with Gasteiger partial charge in [-0.25, -0.2) is 9.78 Å². The highest BCUT2D eigenvalue weighted by atomic mass is 32.1. The number of methoxy groups -OCH3 is 1. The highest BCUT2D eigenvalue weighted by molar-refractivity contribution is 7.13. The Morgan fingerprint density at radius 2 is 2.05 bits per heavy atom. The predicted octanol–water partition coefficient (Wildman–Crippen LogP) is 4.39. The Kier molecular flexibility index (Phi) is 10.8. The lowest BCUT2D eigenvalue weighted by Crippen LogP contribution is -2.51. The van der Waals surface area contributed by atoms with E-state index in [1.165, 1.54) is 0 Å². The quantitative estimate of drug-likeness (QED) is 0.265. The minimum Gasteiger partial charge on any atom is -0.497 e. The Morgan fingerprint density at radius 3 is 2.64 bits per heavy atom. The van der Waals surface area contributed by atoms with Gasteiger partial charge in [0, 0.05) is 28.8 Å². The zero-order valence-corrected chi connectivity index (χ0v) is 24.0. The van der Waals surface area contributed by atoms with Crippen molar-refractivity contribution in [3.63, 3.8) is 0 Å². The lowest BCUT2D eigenvalue weighted by Gasteiger charge is -2.22. The van der Waals surface area contributed by atoms with Crippen LogP contribution in [0.25, 0.3) is 21.6 Å². The molecule has 4 rings (SSSR count). The maximum atomic E-state index is 12.2. The highest BCUT2D eigenvalue weighted by Gasteiger charge is 2.30. The summed E-state index contributed by atoms with van der Waals surface area (Å²) in [7, 11) is 1.61. The number of aromatic nitrogens is 2. The van der Waals surface area contributed by atoms with Crippen LogP contribution in [0.3, 0.4) is 0 Å². The van der Waals surface area contributed by atoms with Gasteiger partial charge in [-0.3, -0.25) is 9.59 Å². The predicted molar refractivity (Wildman–Crippen MR) is 155 cm³/mol. The maximum Gasteiger partial charge on any atom is 0.329 e. The first-order valence-corrected chi connectivity index (χ1v) is 14.1. The van der Waals surface area contributed by atoms with Gasteiger partial charge in [-0.2, -0.15) is 0 Å². The molecular formula is C29H38N4O5S. The van der Waals surface area contributed by atoms with Crippen LogP contribution >= 0.6 is 11.3 Å². The number of thiazole rings is 1. The Bertz CT molecular complexity index is 1340. The van der Waals surface area contributed by atoms with Crippen molar-refractivity contribution in [1.82, 2.24) is 20.6 Å². The van der Waals surface area contributed by atoms with E-state index in [0.29, 0.717) is 17.9 Å². The van der Waals surface area contributed by atoms with E-state index in [-0.39, 0.29) is 23.3 Å². The van der Waals surface area contributed by atoms with E-state index in [2.05, 4.69) is 41.0 Å². The maximum absolute atomic E-state index is 12.2. The smallest absolute Gasteiger partial charge is 0.329 e. The molecule has 3 aromatic rings. The van der Waals surface area contributed by atoms with Crippen LogP contribution in [0.2, 0.25) is 0 Å². The van der Waals surface area contributed by atoms with Crippen molar-refractivity contribution in [1.29, 1.82) is 0 Å². The lowest BCUT2D eigenvalue weighted by atomic mass is 10.0. The normalized spacial score (nSPS) is 16.2. The van der Waals surface area contributed by atoms with Crippen LogP contribution in [0.5, 0.6) is 5.75 Å². The van der Waals surface area contributed by atoms with Crippen LogP contribution < -0.4 is 20.8 Å². The molecule has 1 aromatic carbocycles. The molecule has 10 heteroatoms. The summed E-state index contributed by atoms with van der Waals surface area (Å²) in [5, 5.41) is 9.37. The molecule has 3 N–H and O–H groups in total. The molecule has 1 amide bonds. The SMILES string of the molecule is C=CC(C)C(NC(=O)C1CCCN1)C(=O)OCC.COc1ccc2c(=O)cc(-c3nc(C(C)C)cs3)[nH]c2c1. The van der Waals surface area contributed by atoms with Gasteiger partial charge in [-0.1, -0.05) is 26.8 Å². The molecule has 0 saturated carbocycles. The molecule has 9 nitrogen and oxygen atoms in total. The second-order valence-corrected chi connectivity index (χ2v) is 10.5. The largest absolute Gasteiger partial charge is 0.497 e. The van der Waals surface area contributed by atoms with E-state index in [1.807, 2.05) is 18.4 Å². The van der Waals surface area contributed by atoms with Crippen molar-refractivity contribution in [2.24, 2.45) is 5.92 Å². The molecular weight excluding hydrogens is 516 g/mol. The topological polar surface area (TPSA) is 122 Å². The number of hydrogen-bond donors (Lipinski definition) is 3. The van der Waals surface area contributed by atoms with Crippen LogP contribution in [-0.4, -0.2) is 54.2 Å². The Hall–Kier alpha value is -3.50. The minimum atomic E-state index is -0.655. The van der Waals surface area contributed by atoms with Crippen LogP contribution in [0.1, 0.15) is 52.1 Å². The fourth-order valence-corrected chi connectivity index (χ4v) is 5.04. The summed E-state index contributed by atoms with van der Waals surface area (Å²) in [5.41, 5.74) is 2.54. The minimum absolute atomic E-state index is 0.0114. The standard InChI is InChI=1S/C16H16N2O2S.C13H22N2O3/c1-9(2)14-8-21-16(18-14)13-7-15(19)11-5-4-10(20-3)6-12(11)17-13;1-4-9(3)11(13(17)18-5-2)15-12(16)10-7-6-8-14-10/h4-9H,1-3H3,(H,17,19);4,9-11,14H,1,5-8H2,2-3H3,(H,15,16). The number of ether oxygens (including phenoxy) is 2. The molecule has 0 aliphatic carbocycles. The lowest BCUT2D eigenvalue weighted by molar-refractivity contribution is -0.148. The molecule has 0 bridgehead atoms. The van der Waals surface area contributed by atoms with Crippen LogP contribution in [0.4, 0.5) is 0 Å². The number of carbonyl (C=O) groups is 2. The van der Waals surface area contributed by atoms with Crippen LogP contribution in [-0.2, 0) is 14.3 Å². The van der Waals surface area contributed by atoms with Gasteiger partial charge < -0.3 is 25.1 Å². The molecule has 39 heavy (non-hydrogen) atoms. The third-order valence-corrected chi connectivity index (χ3v) is 7.39. The van der Waals surface area contributed by atoms with Crippen molar-refractivity contribution < 1.29 is 19.1 Å². The first-order valence-electron chi connectivity index (χ1n) is 13.2. The number of fused-ring (bicyclic) bond motifs is 1. The molecule has 1 aliphatic heterocycles. The van der Waals surface area contributed by atoms with Gasteiger partial charge in [0.25, 0.3) is 0 Å². The summed E-state index contributed by atoms with van der Waals surface area (Å²) in [6.07, 6.45) is 3.44. The van der Waals surface area contributed by atoms with Crippen molar-refractivity contribution in [2.45, 2.75) is 58.5 Å². The number of esters is 1. The molecule has 3 heterocycles. The Balaban J connectivity index is 0.000000219. The van der Waals surface area contributed by atoms with E-state index < -0.39 is 12.0 Å². The van der Waals surface area contributed by atoms with Crippen LogP contribution in [0.15, 0.2) is 47.1 Å². The number of amides is 1. The summed E-state index contributed by atoms with van der Waals surface area (Å²) in [6, 6.07) is 6.15. The number of nitrogens with zero attached hydrogens (tertiary/aromatic N) is 1. The third-order valence-electron chi connectivity index (χ3n) is 6.49. The number of aromatic amines is 1. The van der Waals surface area contributed by atoms with Gasteiger partial charge in [0.1, 0.15) is 16.8 Å². The zero-order valence-electron chi connectivity index (χ0n) is 23.2. The van der Waals surface area contributed by atoms with Crippen molar-refractivity contribution in [3.05, 3.63) is 58.2 Å². The van der Waals surface area contributed by atoms with Gasteiger partial charge >= 0.3 is 5.97 Å². The monoisotopic (exact) mass is 554 g/mol. The van der Waals surface area contributed by atoms with E-state index >= 15 is 0 Å². The average Bonchev–Trinajstić information content (AvgIpc) is 3.64. The average molecular weight is 555 g/mol. The van der Waals surface area contributed by atoms with E-state index in [1.54, 1.807) is 49.6 Å². The number of H-pyrrole nitrogens is 1. The molecule has 3 atom stereocenters. The number of nitrogens with one attached hydrogen (secondary N) is 3. The summed E-state index contributed by atoms with van der Waals surface area (Å²) in [5.74, 6) is 0.393. The van der Waals surface area contributed by atoms with Crippen molar-refractivity contribution >= 4 is 34.1 Å². The van der Waals surface area contributed by atoms with Gasteiger partial charge in [0.15, 0.2) is 5.43 Å². The van der Waals surface area contributed by atoms with E-state index in [0.717, 1.165) is 47.0 Å². The molecule has 2 aromatic heterocycles. The first kappa shape index (κ1) is 30.0. The number of carbonyl (C=O) groups excluding carboxylic acids is 2. The molecule has 1 fully saturated rings. The molecule has 1 saturated heterocycles. The summed E-state index contributed by atoms with van der Waals surface area (Å²) < 4.78 is 10.2. The van der Waals surface area contributed by atoms with Crippen LogP contribution in [0, 0.1) is 5.92 Å². The van der Waals surface area contributed by atoms with Gasteiger partial charge in [0.2, 0.25) is 5.91 Å². The van der Waals surface area contributed by atoms with E-state index in [9.17, 15) is 14.4 Å². The highest BCUT2D eigenvalue weighted by Crippen LogP contribution is 2.26. The zero-order chi connectivity index (χ0) is 28.5. The van der Waals surface area contributed by atoms with E-state index in [4.69, 9.17) is 9.47 Å². The molecule has 0 radical (unpaired) electrons. The summed E-state index contributed by atoms with van der Waals surface area (Å²) in [6.45, 7) is 12.6. The van der Waals surface area contributed by atoms with Gasteiger partial charge in [0.05, 0.1) is 36.7 Å². The molecule has 210 valence electrons. The molecule has 3 unspecified atom stereocenters. The van der Waals surface area contributed by atoms with Gasteiger partial charge in [-0.15, -0.1) is 17.9 Å². The number of pyridine rings is 1. The summed E-state index contributed by atoms with van der Waals surface area (Å²) in [4.78, 5) is 43.9. The number of benzene rings is 1. The number of rotatable bonds is 9. The Morgan fingerprint density at radius 1 is 1.28 bits per heavy atom. The third kappa shape index (κ3) is 7.77. The summed E-state index contributed by atoms with van der Waals surface area (Å²) >= 11 is 1.55. The second-order valence-electron chi connectivity index (χ2n) is 9.67.